The highest BCUT2D eigenvalue weighted by Gasteiger charge is 2.43. The largest absolute Gasteiger partial charge is 0.349 e. The lowest BCUT2D eigenvalue weighted by Crippen LogP contribution is -2.46. The molecule has 1 N–H and O–H groups in total. The van der Waals surface area contributed by atoms with E-state index in [0.29, 0.717) is 18.7 Å². The second-order valence-electron chi connectivity index (χ2n) is 8.88. The Morgan fingerprint density at radius 1 is 1.16 bits per heavy atom. The number of carbonyl (C=O) groups is 2. The van der Waals surface area contributed by atoms with Gasteiger partial charge < -0.3 is 10.2 Å². The molecule has 2 amide bonds. The molecule has 176 valence electrons. The molecular weight excluding hydrogens is 444 g/mol. The summed E-state index contributed by atoms with van der Waals surface area (Å²) < 4.78 is 50.4. The smallest absolute Gasteiger partial charge is 0.281 e. The van der Waals surface area contributed by atoms with Crippen LogP contribution in [0, 0.1) is 11.8 Å². The van der Waals surface area contributed by atoms with Gasteiger partial charge in [-0.1, -0.05) is 6.42 Å². The first-order valence-electron chi connectivity index (χ1n) is 10.5. The van der Waals surface area contributed by atoms with Crippen LogP contribution in [0.3, 0.4) is 0 Å². The summed E-state index contributed by atoms with van der Waals surface area (Å²) in [7, 11) is -2.77. The van der Waals surface area contributed by atoms with Gasteiger partial charge in [-0.25, -0.2) is 8.42 Å². The molecule has 0 radical (unpaired) electrons. The number of hydrogen-bond acceptors (Lipinski definition) is 6. The van der Waals surface area contributed by atoms with Crippen LogP contribution in [0.5, 0.6) is 0 Å². The van der Waals surface area contributed by atoms with Crippen molar-refractivity contribution in [2.24, 2.45) is 11.8 Å². The minimum atomic E-state index is -3.67. The molecule has 3 aliphatic rings. The first kappa shape index (κ1) is 24.1. The van der Waals surface area contributed by atoms with E-state index in [1.807, 2.05) is 0 Å². The molecule has 2 fully saturated rings. The summed E-state index contributed by atoms with van der Waals surface area (Å²) in [6.45, 7) is 2.25. The highest BCUT2D eigenvalue weighted by atomic mass is 32.2. The van der Waals surface area contributed by atoms with Crippen LogP contribution in [0.25, 0.3) is 0 Å². The van der Waals surface area contributed by atoms with E-state index in [-0.39, 0.29) is 53.3 Å². The van der Waals surface area contributed by atoms with Crippen LogP contribution < -0.4 is 5.32 Å². The number of likely N-dealkylation sites (tertiary alicyclic amines) is 1. The van der Waals surface area contributed by atoms with Gasteiger partial charge in [0, 0.05) is 56.7 Å². The number of nitrogens with one attached hydrogen (secondary N) is 1. The number of hydrogen-bond donors (Lipinski definition) is 1. The fourth-order valence-electron chi connectivity index (χ4n) is 4.79. The first-order chi connectivity index (χ1) is 14.3. The number of sulfone groups is 1. The van der Waals surface area contributed by atoms with E-state index in [1.165, 1.54) is 28.1 Å². The molecule has 2 heterocycles. The molecule has 0 aromatic heterocycles. The van der Waals surface area contributed by atoms with Gasteiger partial charge in [0.2, 0.25) is 11.8 Å². The maximum Gasteiger partial charge on any atom is 0.281 e. The number of rotatable bonds is 6. The molecule has 12 heteroatoms. The number of fused-ring (bicyclic) bond motifs is 1. The number of allylic oxidation sites excluding steroid dienone is 1. The molecule has 31 heavy (non-hydrogen) atoms. The summed E-state index contributed by atoms with van der Waals surface area (Å²) in [6, 6.07) is -0.129. The fraction of sp³-hybridized carbons (Fsp3) is 0.789. The van der Waals surface area contributed by atoms with Crippen LogP contribution in [-0.4, -0.2) is 94.7 Å². The van der Waals surface area contributed by atoms with Gasteiger partial charge >= 0.3 is 0 Å². The Kier molecular flexibility index (Phi) is 6.85. The van der Waals surface area contributed by atoms with E-state index < -0.39 is 20.0 Å². The number of amides is 2. The normalized spacial score (nSPS) is 28.3. The summed E-state index contributed by atoms with van der Waals surface area (Å²) in [5.74, 6) is -0.291. The topological polar surface area (TPSA) is 124 Å². The van der Waals surface area contributed by atoms with E-state index in [9.17, 15) is 26.4 Å². The lowest BCUT2D eigenvalue weighted by Gasteiger charge is -2.33. The Balaban J connectivity index is 1.65. The molecule has 3 atom stereocenters. The van der Waals surface area contributed by atoms with E-state index in [0.717, 1.165) is 27.9 Å². The second-order valence-corrected chi connectivity index (χ2v) is 13.4. The summed E-state index contributed by atoms with van der Waals surface area (Å²) in [4.78, 5) is 27.3. The van der Waals surface area contributed by atoms with Gasteiger partial charge in [0.15, 0.2) is 9.84 Å². The number of carbonyl (C=O) groups excluding carboxylic acids is 2. The Bertz CT molecular complexity index is 989. The highest BCUT2D eigenvalue weighted by Crippen LogP contribution is 2.37. The van der Waals surface area contributed by atoms with Crippen molar-refractivity contribution in [2.75, 3.05) is 46.5 Å². The summed E-state index contributed by atoms with van der Waals surface area (Å²) in [5.41, 5.74) is 0.337. The van der Waals surface area contributed by atoms with Crippen molar-refractivity contribution in [1.29, 1.82) is 0 Å². The zero-order valence-electron chi connectivity index (χ0n) is 18.5. The molecule has 0 aromatic carbocycles. The van der Waals surface area contributed by atoms with Crippen LogP contribution in [0.4, 0.5) is 0 Å². The molecule has 0 bridgehead atoms. The summed E-state index contributed by atoms with van der Waals surface area (Å²) >= 11 is 0. The molecule has 1 aliphatic carbocycles. The molecule has 3 rings (SSSR count). The first-order valence-corrected chi connectivity index (χ1v) is 13.5. The zero-order valence-corrected chi connectivity index (χ0v) is 20.1. The molecule has 0 spiro atoms. The van der Waals surface area contributed by atoms with Crippen LogP contribution in [0.2, 0.25) is 0 Å². The Labute approximate surface area is 184 Å². The van der Waals surface area contributed by atoms with E-state index in [4.69, 9.17) is 0 Å². The molecule has 0 aromatic rings. The Morgan fingerprint density at radius 2 is 1.84 bits per heavy atom. The third kappa shape index (κ3) is 4.81. The van der Waals surface area contributed by atoms with Crippen molar-refractivity contribution < 1.29 is 26.4 Å². The quantitative estimate of drug-likeness (QED) is 0.554. The predicted octanol–water partition coefficient (Wildman–Crippen LogP) is -0.440. The second kappa shape index (κ2) is 8.80. The van der Waals surface area contributed by atoms with Gasteiger partial charge in [-0.15, -0.1) is 0 Å². The minimum Gasteiger partial charge on any atom is -0.349 e. The van der Waals surface area contributed by atoms with Gasteiger partial charge in [0.05, 0.1) is 12.3 Å². The molecule has 10 nitrogen and oxygen atoms in total. The average molecular weight is 477 g/mol. The van der Waals surface area contributed by atoms with Crippen molar-refractivity contribution >= 4 is 31.9 Å². The monoisotopic (exact) mass is 476 g/mol. The van der Waals surface area contributed by atoms with Gasteiger partial charge in [0.25, 0.3) is 10.2 Å². The average Bonchev–Trinajstić information content (AvgIpc) is 3.23. The molecular formula is C19H32N4O6S2. The van der Waals surface area contributed by atoms with Crippen molar-refractivity contribution in [2.45, 2.75) is 38.6 Å². The SMILES string of the molecule is CC1=C(C(=O)NC2CCCC3CN(C(=O)CN(C)S(=O)(=O)N(C)C)CC32)CCS1(=O)=O. The third-order valence-corrected chi connectivity index (χ3v) is 10.5. The molecule has 1 saturated carbocycles. The fourth-order valence-corrected chi connectivity index (χ4v) is 6.97. The number of nitrogens with zero attached hydrogens (tertiary/aromatic N) is 3. The van der Waals surface area contributed by atoms with E-state index in [1.54, 1.807) is 4.90 Å². The predicted molar refractivity (Wildman–Crippen MR) is 116 cm³/mol. The van der Waals surface area contributed by atoms with Crippen LogP contribution in [0.15, 0.2) is 10.5 Å². The van der Waals surface area contributed by atoms with Crippen molar-refractivity contribution in [3.05, 3.63) is 10.5 Å². The van der Waals surface area contributed by atoms with Crippen LogP contribution in [-0.2, 0) is 29.6 Å². The standard InChI is InChI=1S/C19H32N4O6S2/c1-13-15(8-9-30(13,26)27)19(25)20-17-7-5-6-14-10-23(11-16(14)17)18(24)12-22(4)31(28,29)21(2)3/h14,16-17H,5-12H2,1-4H3,(H,20,25). The van der Waals surface area contributed by atoms with Gasteiger partial charge in [-0.05, 0) is 32.1 Å². The Morgan fingerprint density at radius 3 is 2.42 bits per heavy atom. The highest BCUT2D eigenvalue weighted by molar-refractivity contribution is 7.95. The van der Waals surface area contributed by atoms with E-state index in [2.05, 4.69) is 5.32 Å². The lowest BCUT2D eigenvalue weighted by atomic mass is 9.78. The van der Waals surface area contributed by atoms with E-state index >= 15 is 0 Å². The maximum atomic E-state index is 12.8. The number of likely N-dealkylation sites (N-methyl/N-ethyl adjacent to an activating group) is 1. The van der Waals surface area contributed by atoms with Gasteiger partial charge in [-0.3, -0.25) is 9.59 Å². The zero-order chi connectivity index (χ0) is 23.1. The minimum absolute atomic E-state index is 0.0238. The lowest BCUT2D eigenvalue weighted by molar-refractivity contribution is -0.130. The van der Waals surface area contributed by atoms with Crippen molar-refractivity contribution in [3.63, 3.8) is 0 Å². The van der Waals surface area contributed by atoms with Crippen molar-refractivity contribution in [3.8, 4) is 0 Å². The van der Waals surface area contributed by atoms with Crippen LogP contribution >= 0.6 is 0 Å². The molecule has 3 unspecified atom stereocenters. The molecule has 1 saturated heterocycles. The summed E-state index contributed by atoms with van der Waals surface area (Å²) in [6.07, 6.45) is 2.88. The molecule has 2 aliphatic heterocycles. The Hall–Kier alpha value is -1.50. The third-order valence-electron chi connectivity index (χ3n) is 6.77. The van der Waals surface area contributed by atoms with Gasteiger partial charge in [0.1, 0.15) is 0 Å². The maximum absolute atomic E-state index is 12.8. The summed E-state index contributed by atoms with van der Waals surface area (Å²) in [5, 5.41) is 3.03. The van der Waals surface area contributed by atoms with Gasteiger partial charge in [-0.2, -0.15) is 17.0 Å². The van der Waals surface area contributed by atoms with Crippen LogP contribution in [0.1, 0.15) is 32.6 Å². The van der Waals surface area contributed by atoms with Crippen molar-refractivity contribution in [1.82, 2.24) is 18.8 Å².